The summed E-state index contributed by atoms with van der Waals surface area (Å²) in [5.74, 6) is -0.470. The molecule has 5 rings (SSSR count). The molecule has 3 heterocycles. The van der Waals surface area contributed by atoms with Crippen LogP contribution in [-0.2, 0) is 25.3 Å². The minimum Gasteiger partial charge on any atom is -0.487 e. The Morgan fingerprint density at radius 3 is 2.42 bits per heavy atom. The fourth-order valence-corrected chi connectivity index (χ4v) is 6.86. The second kappa shape index (κ2) is 13.5. The molecule has 3 amide bonds. The van der Waals surface area contributed by atoms with Crippen molar-refractivity contribution in [2.75, 3.05) is 31.1 Å². The highest BCUT2D eigenvalue weighted by atomic mass is 32.2. The second-order valence-corrected chi connectivity index (χ2v) is 13.9. The zero-order chi connectivity index (χ0) is 32.3. The Kier molecular flexibility index (Phi) is 9.68. The van der Waals surface area contributed by atoms with Crippen LogP contribution in [-0.4, -0.2) is 93.9 Å². The van der Waals surface area contributed by atoms with E-state index in [-0.39, 0.29) is 36.1 Å². The quantitative estimate of drug-likeness (QED) is 0.290. The Labute approximate surface area is 264 Å². The highest BCUT2D eigenvalue weighted by molar-refractivity contribution is 7.82. The van der Waals surface area contributed by atoms with Crippen LogP contribution in [0, 0.1) is 0 Å². The average Bonchev–Trinajstić information content (AvgIpc) is 3.23. The van der Waals surface area contributed by atoms with Gasteiger partial charge < -0.3 is 29.3 Å². The maximum absolute atomic E-state index is 13.3. The van der Waals surface area contributed by atoms with Crippen LogP contribution in [0.3, 0.4) is 0 Å². The van der Waals surface area contributed by atoms with Gasteiger partial charge in [-0.15, -0.1) is 0 Å². The van der Waals surface area contributed by atoms with Crippen LogP contribution < -0.4 is 15.0 Å². The Morgan fingerprint density at radius 1 is 1.04 bits per heavy atom. The predicted molar refractivity (Wildman–Crippen MR) is 166 cm³/mol. The van der Waals surface area contributed by atoms with E-state index < -0.39 is 40.5 Å². The number of amides is 3. The van der Waals surface area contributed by atoms with Gasteiger partial charge in [-0.1, -0.05) is 6.07 Å². The van der Waals surface area contributed by atoms with Crippen LogP contribution in [0.15, 0.2) is 47.4 Å². The number of aldehydes is 2. The minimum absolute atomic E-state index is 0.0331. The number of hydrogen-bond acceptors (Lipinski definition) is 9. The molecule has 1 N–H and O–H groups in total. The molecule has 3 aliphatic heterocycles. The molecule has 2 aromatic rings. The molecule has 45 heavy (non-hydrogen) atoms. The summed E-state index contributed by atoms with van der Waals surface area (Å²) in [5.41, 5.74) is 0.667. The molecule has 2 aromatic carbocycles. The number of nitrogens with zero attached hydrogens (tertiary/aromatic N) is 3. The van der Waals surface area contributed by atoms with Gasteiger partial charge in [-0.2, -0.15) is 0 Å². The number of carbonyl (C=O) groups excluding carboxylic acids is 5. The van der Waals surface area contributed by atoms with Crippen molar-refractivity contribution in [2.24, 2.45) is 0 Å². The molecule has 0 saturated carbocycles. The summed E-state index contributed by atoms with van der Waals surface area (Å²) in [7, 11) is -1.38. The van der Waals surface area contributed by atoms with E-state index in [0.29, 0.717) is 62.2 Å². The molecule has 0 radical (unpaired) electrons. The van der Waals surface area contributed by atoms with E-state index in [0.717, 1.165) is 10.6 Å². The number of piperidine rings is 1. The van der Waals surface area contributed by atoms with Crippen LogP contribution in [0.4, 0.5) is 10.5 Å². The third-order valence-corrected chi connectivity index (χ3v) is 9.39. The van der Waals surface area contributed by atoms with Gasteiger partial charge in [-0.25, -0.2) is 13.3 Å². The first-order valence-electron chi connectivity index (χ1n) is 15.1. The first kappa shape index (κ1) is 32.3. The molecular formula is C32H38N4O8S. The predicted octanol–water partition coefficient (Wildman–Crippen LogP) is 3.11. The van der Waals surface area contributed by atoms with E-state index in [1.807, 2.05) is 42.1 Å². The number of benzene rings is 2. The lowest BCUT2D eigenvalue weighted by Gasteiger charge is -2.40. The molecular weight excluding hydrogens is 600 g/mol. The molecule has 2 atom stereocenters. The molecule has 0 bridgehead atoms. The van der Waals surface area contributed by atoms with Crippen molar-refractivity contribution in [3.63, 3.8) is 0 Å². The summed E-state index contributed by atoms with van der Waals surface area (Å²) >= 11 is 0. The molecule has 0 spiro atoms. The van der Waals surface area contributed by atoms with Crippen molar-refractivity contribution in [2.45, 2.75) is 75.1 Å². The number of fused-ring (bicyclic) bond motifs is 1. The van der Waals surface area contributed by atoms with E-state index in [4.69, 9.17) is 9.47 Å². The van der Waals surface area contributed by atoms with Crippen LogP contribution in [0.5, 0.6) is 5.75 Å². The van der Waals surface area contributed by atoms with Crippen molar-refractivity contribution in [3.8, 4) is 5.75 Å². The monoisotopic (exact) mass is 638 g/mol. The number of nitrogens with one attached hydrogen (secondary N) is 1. The molecule has 240 valence electrons. The van der Waals surface area contributed by atoms with Crippen molar-refractivity contribution in [1.29, 1.82) is 0 Å². The van der Waals surface area contributed by atoms with E-state index in [1.165, 1.54) is 0 Å². The van der Waals surface area contributed by atoms with Gasteiger partial charge in [0.2, 0.25) is 0 Å². The van der Waals surface area contributed by atoms with E-state index in [1.54, 1.807) is 30.3 Å². The molecule has 13 heteroatoms. The Balaban J connectivity index is 1.13. The molecule has 12 nitrogen and oxygen atoms in total. The smallest absolute Gasteiger partial charge is 0.407 e. The third kappa shape index (κ3) is 7.42. The largest absolute Gasteiger partial charge is 0.487 e. The van der Waals surface area contributed by atoms with Gasteiger partial charge in [-0.05, 0) is 76.4 Å². The Bertz CT molecular complexity index is 1490. The van der Waals surface area contributed by atoms with E-state index in [9.17, 15) is 28.2 Å². The lowest BCUT2D eigenvalue weighted by Crippen LogP contribution is -2.54. The van der Waals surface area contributed by atoms with Crippen LogP contribution >= 0.6 is 0 Å². The fourth-order valence-electron chi connectivity index (χ4n) is 5.60. The number of rotatable bonds is 11. The van der Waals surface area contributed by atoms with Crippen molar-refractivity contribution in [3.05, 3.63) is 53.6 Å². The first-order chi connectivity index (χ1) is 21.5. The van der Waals surface area contributed by atoms with E-state index >= 15 is 0 Å². The third-order valence-electron chi connectivity index (χ3n) is 7.90. The molecule has 0 aromatic heterocycles. The lowest BCUT2D eigenvalue weighted by molar-refractivity contribution is -0.112. The number of carbonyl (C=O) groups is 5. The van der Waals surface area contributed by atoms with Gasteiger partial charge in [0.25, 0.3) is 11.8 Å². The van der Waals surface area contributed by atoms with Gasteiger partial charge >= 0.3 is 6.09 Å². The summed E-state index contributed by atoms with van der Waals surface area (Å²) < 4.78 is 26.7. The van der Waals surface area contributed by atoms with Crippen LogP contribution in [0.1, 0.15) is 67.2 Å². The fraction of sp³-hybridized carbons (Fsp3) is 0.469. The maximum atomic E-state index is 13.3. The first-order valence-corrected chi connectivity index (χ1v) is 16.2. The number of anilines is 1. The molecule has 0 aliphatic carbocycles. The normalized spacial score (nSPS) is 19.0. The standard InChI is InChI=1S/C32H38N4O8S/c1-32(2,3)44-31(41)33-21-11-13-35(14-12-21)45(42)26-8-4-7-24(17-26)43-25-18-34(19-25)22-9-10-27-28(16-22)30(40)36(29(27)39)23(20-38)6-5-15-37/h4,7-10,15-17,20-21,23,25H,5-6,11-14,18-19H2,1-3H3,(H,33,41). The van der Waals surface area contributed by atoms with Crippen molar-refractivity contribution < 1.29 is 37.7 Å². The number of alkyl carbamates (subject to hydrolysis) is 1. The van der Waals surface area contributed by atoms with Gasteiger partial charge in [0, 0.05) is 31.2 Å². The van der Waals surface area contributed by atoms with Gasteiger partial charge in [-0.3, -0.25) is 14.5 Å². The molecule has 3 aliphatic rings. The molecule has 2 fully saturated rings. The summed E-state index contributed by atoms with van der Waals surface area (Å²) in [6, 6.07) is 11.2. The van der Waals surface area contributed by atoms with Crippen LogP contribution in [0.25, 0.3) is 0 Å². The topological polar surface area (TPSA) is 143 Å². The Morgan fingerprint density at radius 2 is 1.76 bits per heavy atom. The SMILES string of the molecule is CC(C)(C)OC(=O)NC1CCN(S(=O)c2cccc(OC3CN(c4ccc5c(c4)C(=O)N(C(C=O)CCC=O)C5=O)C3)c2)CC1. The maximum Gasteiger partial charge on any atom is 0.407 e. The van der Waals surface area contributed by atoms with Gasteiger partial charge in [0.15, 0.2) is 0 Å². The molecule has 2 saturated heterocycles. The summed E-state index contributed by atoms with van der Waals surface area (Å²) in [5, 5.41) is 2.90. The summed E-state index contributed by atoms with van der Waals surface area (Å²) in [6.07, 6.45) is 2.11. The highest BCUT2D eigenvalue weighted by Crippen LogP contribution is 2.32. The van der Waals surface area contributed by atoms with E-state index in [2.05, 4.69) is 5.32 Å². The average molecular weight is 639 g/mol. The second-order valence-electron chi connectivity index (χ2n) is 12.4. The minimum atomic E-state index is -1.38. The Hall–Kier alpha value is -4.10. The summed E-state index contributed by atoms with van der Waals surface area (Å²) in [6.45, 7) is 7.69. The van der Waals surface area contributed by atoms with Crippen LogP contribution in [0.2, 0.25) is 0 Å². The van der Waals surface area contributed by atoms with Crippen molar-refractivity contribution in [1.82, 2.24) is 14.5 Å². The number of ether oxygens (including phenoxy) is 2. The molecule has 2 unspecified atom stereocenters. The highest BCUT2D eigenvalue weighted by Gasteiger charge is 2.41. The zero-order valence-electron chi connectivity index (χ0n) is 25.6. The van der Waals surface area contributed by atoms with Crippen molar-refractivity contribution >= 4 is 47.2 Å². The zero-order valence-corrected chi connectivity index (χ0v) is 26.4. The summed E-state index contributed by atoms with van der Waals surface area (Å²) in [4.78, 5) is 63.9. The number of hydrogen-bond donors (Lipinski definition) is 1. The number of imide groups is 1. The van der Waals surface area contributed by atoms with Gasteiger partial charge in [0.05, 0.1) is 35.2 Å². The lowest BCUT2D eigenvalue weighted by atomic mass is 10.1. The van der Waals surface area contributed by atoms with Gasteiger partial charge in [0.1, 0.15) is 41.0 Å².